The van der Waals surface area contributed by atoms with E-state index in [1.54, 1.807) is 32.9 Å². The van der Waals surface area contributed by atoms with E-state index in [4.69, 9.17) is 11.5 Å². The number of nitrogens with one attached hydrogen (secondary N) is 1. The minimum Gasteiger partial charge on any atom is -0.368 e. The molecular weight excluding hydrogens is 432 g/mol. The third kappa shape index (κ3) is 5.23. The molecule has 1 unspecified atom stereocenters. The molecule has 3 rings (SSSR count). The standard InChI is InChI=1S/C23H25F2N5O3/c1-23(2,3)20(19(31)17(26)21(27)32)28-22(33)18-15-10-14(25)8-9-16(15)30(29-18)11-12-4-6-13(24)7-5-12/h4-10,17,20H,11,26H2,1-3H3,(H2,27,32)(H,28,33)/t17?,20-/m1/s1. The third-order valence-electron chi connectivity index (χ3n) is 5.21. The molecule has 0 aliphatic rings. The van der Waals surface area contributed by atoms with E-state index in [0.29, 0.717) is 11.1 Å². The first-order valence-corrected chi connectivity index (χ1v) is 10.2. The van der Waals surface area contributed by atoms with Crippen molar-refractivity contribution in [3.8, 4) is 0 Å². The Bertz CT molecular complexity index is 1220. The highest BCUT2D eigenvalue weighted by Gasteiger charge is 2.38. The first-order valence-electron chi connectivity index (χ1n) is 10.2. The van der Waals surface area contributed by atoms with Crippen molar-refractivity contribution in [2.24, 2.45) is 16.9 Å². The Morgan fingerprint density at radius 3 is 2.24 bits per heavy atom. The van der Waals surface area contributed by atoms with Crippen LogP contribution in [0.25, 0.3) is 10.9 Å². The number of benzene rings is 2. The molecule has 2 atom stereocenters. The molecule has 0 aliphatic heterocycles. The van der Waals surface area contributed by atoms with E-state index in [9.17, 15) is 23.2 Å². The summed E-state index contributed by atoms with van der Waals surface area (Å²) in [5.41, 5.74) is 11.0. The van der Waals surface area contributed by atoms with Gasteiger partial charge in [-0.25, -0.2) is 8.78 Å². The van der Waals surface area contributed by atoms with E-state index in [1.807, 2.05) is 0 Å². The number of carbonyl (C=O) groups excluding carboxylic acids is 3. The topological polar surface area (TPSA) is 133 Å². The van der Waals surface area contributed by atoms with Crippen LogP contribution in [0.15, 0.2) is 42.5 Å². The van der Waals surface area contributed by atoms with Gasteiger partial charge in [-0.3, -0.25) is 19.1 Å². The first kappa shape index (κ1) is 24.0. The molecule has 1 heterocycles. The highest BCUT2D eigenvalue weighted by atomic mass is 19.1. The zero-order chi connectivity index (χ0) is 24.5. The summed E-state index contributed by atoms with van der Waals surface area (Å²) < 4.78 is 28.7. The second-order valence-corrected chi connectivity index (χ2v) is 8.85. The molecule has 3 aromatic rings. The summed E-state index contributed by atoms with van der Waals surface area (Å²) in [7, 11) is 0. The summed E-state index contributed by atoms with van der Waals surface area (Å²) >= 11 is 0. The zero-order valence-electron chi connectivity index (χ0n) is 18.4. The Hall–Kier alpha value is -3.66. The van der Waals surface area contributed by atoms with Gasteiger partial charge in [-0.05, 0) is 41.3 Å². The van der Waals surface area contributed by atoms with Gasteiger partial charge >= 0.3 is 0 Å². The highest BCUT2D eigenvalue weighted by Crippen LogP contribution is 2.24. The maximum absolute atomic E-state index is 14.0. The van der Waals surface area contributed by atoms with Gasteiger partial charge in [0.05, 0.1) is 18.1 Å². The van der Waals surface area contributed by atoms with Crippen LogP contribution in [0.5, 0.6) is 0 Å². The van der Waals surface area contributed by atoms with Crippen LogP contribution in [0.1, 0.15) is 36.8 Å². The molecule has 33 heavy (non-hydrogen) atoms. The molecule has 0 spiro atoms. The minimum atomic E-state index is -1.60. The van der Waals surface area contributed by atoms with Gasteiger partial charge in [-0.2, -0.15) is 5.10 Å². The molecule has 2 amide bonds. The number of Topliss-reactive ketones (excluding diaryl/α,β-unsaturated/α-hetero) is 1. The van der Waals surface area contributed by atoms with Crippen molar-refractivity contribution in [2.45, 2.75) is 39.4 Å². The van der Waals surface area contributed by atoms with Crippen LogP contribution in [-0.4, -0.2) is 39.5 Å². The number of carbonyl (C=O) groups is 3. The number of halogens is 2. The Balaban J connectivity index is 2.00. The summed E-state index contributed by atoms with van der Waals surface area (Å²) in [5.74, 6) is -3.46. The maximum Gasteiger partial charge on any atom is 0.273 e. The van der Waals surface area contributed by atoms with Gasteiger partial charge in [-0.15, -0.1) is 0 Å². The molecule has 8 nitrogen and oxygen atoms in total. The van der Waals surface area contributed by atoms with Gasteiger partial charge in [0, 0.05) is 5.39 Å². The number of ketones is 1. The van der Waals surface area contributed by atoms with Crippen molar-refractivity contribution < 1.29 is 23.2 Å². The molecule has 0 saturated carbocycles. The molecule has 0 aliphatic carbocycles. The van der Waals surface area contributed by atoms with E-state index < -0.39 is 46.7 Å². The van der Waals surface area contributed by atoms with E-state index in [-0.39, 0.29) is 17.6 Å². The lowest BCUT2D eigenvalue weighted by atomic mass is 9.82. The molecule has 0 bridgehead atoms. The van der Waals surface area contributed by atoms with Gasteiger partial charge in [0.15, 0.2) is 11.5 Å². The molecule has 10 heteroatoms. The van der Waals surface area contributed by atoms with Crippen molar-refractivity contribution in [3.63, 3.8) is 0 Å². The van der Waals surface area contributed by atoms with Crippen molar-refractivity contribution in [1.82, 2.24) is 15.1 Å². The third-order valence-corrected chi connectivity index (χ3v) is 5.21. The molecule has 174 valence electrons. The summed E-state index contributed by atoms with van der Waals surface area (Å²) in [4.78, 5) is 37.3. The van der Waals surface area contributed by atoms with E-state index in [1.165, 1.54) is 35.0 Å². The van der Waals surface area contributed by atoms with Crippen LogP contribution in [-0.2, 0) is 16.1 Å². The summed E-state index contributed by atoms with van der Waals surface area (Å²) in [6, 6.07) is 6.89. The number of amides is 2. The molecule has 0 fully saturated rings. The van der Waals surface area contributed by atoms with Gasteiger partial charge in [0.2, 0.25) is 5.91 Å². The fraction of sp³-hybridized carbons (Fsp3) is 0.304. The monoisotopic (exact) mass is 457 g/mol. The molecule has 0 saturated heterocycles. The van der Waals surface area contributed by atoms with E-state index >= 15 is 0 Å². The number of nitrogens with two attached hydrogens (primary N) is 2. The lowest BCUT2D eigenvalue weighted by molar-refractivity contribution is -0.131. The van der Waals surface area contributed by atoms with Crippen molar-refractivity contribution in [2.75, 3.05) is 0 Å². The second kappa shape index (κ2) is 9.07. The Morgan fingerprint density at radius 2 is 1.67 bits per heavy atom. The summed E-state index contributed by atoms with van der Waals surface area (Å²) in [6.07, 6.45) is 0. The molecule has 2 aromatic carbocycles. The van der Waals surface area contributed by atoms with E-state index in [0.717, 1.165) is 0 Å². The Kier molecular flexibility index (Phi) is 6.59. The predicted molar refractivity (Wildman–Crippen MR) is 118 cm³/mol. The van der Waals surface area contributed by atoms with Crippen LogP contribution in [0.2, 0.25) is 0 Å². The fourth-order valence-corrected chi connectivity index (χ4v) is 3.44. The average Bonchev–Trinajstić information content (AvgIpc) is 3.09. The largest absolute Gasteiger partial charge is 0.368 e. The number of hydrogen-bond donors (Lipinski definition) is 3. The molecule has 0 radical (unpaired) electrons. The Labute approximate surface area is 188 Å². The van der Waals surface area contributed by atoms with Gasteiger partial charge in [0.25, 0.3) is 5.91 Å². The quantitative estimate of drug-likeness (QED) is 0.466. The maximum atomic E-state index is 14.0. The summed E-state index contributed by atoms with van der Waals surface area (Å²) in [5, 5.41) is 7.14. The van der Waals surface area contributed by atoms with Gasteiger partial charge < -0.3 is 16.8 Å². The van der Waals surface area contributed by atoms with Crippen LogP contribution in [0.4, 0.5) is 8.78 Å². The zero-order valence-corrected chi connectivity index (χ0v) is 18.4. The predicted octanol–water partition coefficient (Wildman–Crippen LogP) is 1.89. The van der Waals surface area contributed by atoms with Crippen molar-refractivity contribution >= 4 is 28.5 Å². The Morgan fingerprint density at radius 1 is 1.06 bits per heavy atom. The first-order chi connectivity index (χ1) is 15.4. The average molecular weight is 457 g/mol. The van der Waals surface area contributed by atoms with Gasteiger partial charge in [-0.1, -0.05) is 32.9 Å². The van der Waals surface area contributed by atoms with Gasteiger partial charge in [0.1, 0.15) is 17.7 Å². The van der Waals surface area contributed by atoms with Crippen LogP contribution in [0, 0.1) is 17.0 Å². The minimum absolute atomic E-state index is 0.110. The summed E-state index contributed by atoms with van der Waals surface area (Å²) in [6.45, 7) is 5.27. The number of primary amides is 1. The van der Waals surface area contributed by atoms with Crippen molar-refractivity contribution in [1.29, 1.82) is 0 Å². The number of hydrogen-bond acceptors (Lipinski definition) is 5. The van der Waals surface area contributed by atoms with E-state index in [2.05, 4.69) is 10.4 Å². The lowest BCUT2D eigenvalue weighted by Gasteiger charge is -2.31. The molecule has 1 aromatic heterocycles. The molecule has 5 N–H and O–H groups in total. The van der Waals surface area contributed by atoms with Crippen LogP contribution < -0.4 is 16.8 Å². The number of rotatable bonds is 7. The van der Waals surface area contributed by atoms with Crippen molar-refractivity contribution in [3.05, 3.63) is 65.4 Å². The highest BCUT2D eigenvalue weighted by molar-refractivity contribution is 6.10. The normalized spacial score (nSPS) is 13.5. The number of aromatic nitrogens is 2. The number of nitrogens with zero attached hydrogens (tertiary/aromatic N) is 2. The fourth-order valence-electron chi connectivity index (χ4n) is 3.44. The SMILES string of the molecule is CC(C)(C)[C@H](NC(=O)c1nn(Cc2ccc(F)cc2)c2ccc(F)cc12)C(=O)C(N)C(N)=O. The molecular formula is C23H25F2N5O3. The second-order valence-electron chi connectivity index (χ2n) is 8.85. The lowest BCUT2D eigenvalue weighted by Crippen LogP contribution is -2.57. The van der Waals surface area contributed by atoms with Crippen LogP contribution in [0.3, 0.4) is 0 Å². The number of fused-ring (bicyclic) bond motifs is 1. The smallest absolute Gasteiger partial charge is 0.273 e. The van der Waals surface area contributed by atoms with Crippen LogP contribution >= 0.6 is 0 Å².